The van der Waals surface area contributed by atoms with Crippen LogP contribution in [0.5, 0.6) is 0 Å². The lowest BCUT2D eigenvalue weighted by Gasteiger charge is -2.14. The SMILES string of the molecule is NOCCC1(c2ccccc2)CC1. The summed E-state index contributed by atoms with van der Waals surface area (Å²) in [4.78, 5) is 4.64. The van der Waals surface area contributed by atoms with Crippen molar-refractivity contribution in [3.63, 3.8) is 0 Å². The molecule has 1 aliphatic carbocycles. The van der Waals surface area contributed by atoms with E-state index in [1.165, 1.54) is 18.4 Å². The first-order chi connectivity index (χ1) is 6.37. The third-order valence-corrected chi connectivity index (χ3v) is 2.94. The van der Waals surface area contributed by atoms with Crippen molar-refractivity contribution in [3.05, 3.63) is 35.9 Å². The number of rotatable bonds is 4. The predicted octanol–water partition coefficient (Wildman–Crippen LogP) is 2.00. The van der Waals surface area contributed by atoms with Gasteiger partial charge < -0.3 is 4.84 Å². The first-order valence-electron chi connectivity index (χ1n) is 4.75. The van der Waals surface area contributed by atoms with Crippen LogP contribution in [0.1, 0.15) is 24.8 Å². The molecule has 0 amide bonds. The van der Waals surface area contributed by atoms with Gasteiger partial charge in [-0.2, -0.15) is 0 Å². The molecule has 13 heavy (non-hydrogen) atoms. The van der Waals surface area contributed by atoms with Crippen LogP contribution >= 0.6 is 0 Å². The summed E-state index contributed by atoms with van der Waals surface area (Å²) < 4.78 is 0. The maximum atomic E-state index is 5.04. The molecule has 0 aromatic heterocycles. The average Bonchev–Trinajstić information content (AvgIpc) is 2.97. The molecule has 0 atom stereocenters. The molecule has 1 fully saturated rings. The van der Waals surface area contributed by atoms with Gasteiger partial charge in [-0.3, -0.25) is 0 Å². The lowest BCUT2D eigenvalue weighted by molar-refractivity contribution is 0.128. The van der Waals surface area contributed by atoms with Crippen LogP contribution in [0, 0.1) is 0 Å². The first-order valence-corrected chi connectivity index (χ1v) is 4.75. The van der Waals surface area contributed by atoms with Crippen molar-refractivity contribution < 1.29 is 4.84 Å². The van der Waals surface area contributed by atoms with Crippen LogP contribution in [-0.2, 0) is 10.3 Å². The fourth-order valence-corrected chi connectivity index (χ4v) is 1.88. The van der Waals surface area contributed by atoms with Crippen molar-refractivity contribution in [3.8, 4) is 0 Å². The third kappa shape index (κ3) is 1.74. The third-order valence-electron chi connectivity index (χ3n) is 2.94. The van der Waals surface area contributed by atoms with Crippen LogP contribution in [0.3, 0.4) is 0 Å². The molecule has 2 nitrogen and oxygen atoms in total. The Labute approximate surface area is 78.7 Å². The smallest absolute Gasteiger partial charge is 0.0687 e. The number of hydrogen-bond donors (Lipinski definition) is 1. The fraction of sp³-hybridized carbons (Fsp3) is 0.455. The normalized spacial score (nSPS) is 18.5. The van der Waals surface area contributed by atoms with Gasteiger partial charge in [0.1, 0.15) is 0 Å². The number of benzene rings is 1. The Kier molecular flexibility index (Phi) is 2.34. The molecule has 1 aromatic carbocycles. The Morgan fingerprint density at radius 3 is 2.46 bits per heavy atom. The molecule has 0 aliphatic heterocycles. The van der Waals surface area contributed by atoms with E-state index < -0.39 is 0 Å². The molecule has 70 valence electrons. The van der Waals surface area contributed by atoms with Crippen molar-refractivity contribution in [1.82, 2.24) is 0 Å². The molecule has 2 heteroatoms. The van der Waals surface area contributed by atoms with Gasteiger partial charge in [-0.15, -0.1) is 0 Å². The molecule has 0 unspecified atom stereocenters. The van der Waals surface area contributed by atoms with Gasteiger partial charge in [-0.25, -0.2) is 5.90 Å². The minimum atomic E-state index is 0.390. The van der Waals surface area contributed by atoms with E-state index in [-0.39, 0.29) is 0 Å². The van der Waals surface area contributed by atoms with Crippen LogP contribution in [0.25, 0.3) is 0 Å². The molecule has 1 aromatic rings. The lowest BCUT2D eigenvalue weighted by Crippen LogP contribution is -2.12. The summed E-state index contributed by atoms with van der Waals surface area (Å²) in [7, 11) is 0. The van der Waals surface area contributed by atoms with Gasteiger partial charge in [0.25, 0.3) is 0 Å². The minimum absolute atomic E-state index is 0.390. The average molecular weight is 177 g/mol. The van der Waals surface area contributed by atoms with Crippen LogP contribution < -0.4 is 5.90 Å². The highest BCUT2D eigenvalue weighted by atomic mass is 16.6. The van der Waals surface area contributed by atoms with Gasteiger partial charge in [0.2, 0.25) is 0 Å². The van der Waals surface area contributed by atoms with E-state index in [4.69, 9.17) is 5.90 Å². The Bertz CT molecular complexity index is 267. The zero-order valence-corrected chi connectivity index (χ0v) is 7.70. The highest BCUT2D eigenvalue weighted by molar-refractivity contribution is 5.30. The van der Waals surface area contributed by atoms with Gasteiger partial charge in [-0.05, 0) is 30.2 Å². The van der Waals surface area contributed by atoms with Crippen LogP contribution in [0.4, 0.5) is 0 Å². The predicted molar refractivity (Wildman–Crippen MR) is 52.1 cm³/mol. The Morgan fingerprint density at radius 1 is 1.23 bits per heavy atom. The van der Waals surface area contributed by atoms with Crippen molar-refractivity contribution in [2.75, 3.05) is 6.61 Å². The molecule has 1 saturated carbocycles. The van der Waals surface area contributed by atoms with Crippen molar-refractivity contribution in [1.29, 1.82) is 0 Å². The largest absolute Gasteiger partial charge is 0.305 e. The molecular weight excluding hydrogens is 162 g/mol. The van der Waals surface area contributed by atoms with E-state index in [0.29, 0.717) is 12.0 Å². The zero-order chi connectivity index (χ0) is 9.15. The van der Waals surface area contributed by atoms with Gasteiger partial charge in [0, 0.05) is 0 Å². The Morgan fingerprint density at radius 2 is 1.92 bits per heavy atom. The highest BCUT2D eigenvalue weighted by Crippen LogP contribution is 2.50. The van der Waals surface area contributed by atoms with Gasteiger partial charge in [0.05, 0.1) is 6.61 Å². The number of hydrogen-bond acceptors (Lipinski definition) is 2. The molecule has 0 radical (unpaired) electrons. The van der Waals surface area contributed by atoms with E-state index in [2.05, 4.69) is 35.2 Å². The summed E-state index contributed by atoms with van der Waals surface area (Å²) in [6.45, 7) is 0.662. The summed E-state index contributed by atoms with van der Waals surface area (Å²) >= 11 is 0. The van der Waals surface area contributed by atoms with Crippen LogP contribution in [0.2, 0.25) is 0 Å². The summed E-state index contributed by atoms with van der Waals surface area (Å²) in [6, 6.07) is 10.6. The van der Waals surface area contributed by atoms with Crippen molar-refractivity contribution in [2.45, 2.75) is 24.7 Å². The minimum Gasteiger partial charge on any atom is -0.305 e. The van der Waals surface area contributed by atoms with E-state index in [0.717, 1.165) is 6.42 Å². The molecule has 0 spiro atoms. The fourth-order valence-electron chi connectivity index (χ4n) is 1.88. The second-order valence-corrected chi connectivity index (χ2v) is 3.77. The van der Waals surface area contributed by atoms with E-state index >= 15 is 0 Å². The van der Waals surface area contributed by atoms with Gasteiger partial charge in [-0.1, -0.05) is 30.3 Å². The maximum Gasteiger partial charge on any atom is 0.0687 e. The summed E-state index contributed by atoms with van der Waals surface area (Å²) in [5.41, 5.74) is 1.83. The van der Waals surface area contributed by atoms with Crippen LogP contribution in [0.15, 0.2) is 30.3 Å². The van der Waals surface area contributed by atoms with Crippen molar-refractivity contribution in [2.24, 2.45) is 5.90 Å². The lowest BCUT2D eigenvalue weighted by atomic mass is 9.93. The second-order valence-electron chi connectivity index (χ2n) is 3.77. The van der Waals surface area contributed by atoms with Gasteiger partial charge in [0.15, 0.2) is 0 Å². The second kappa shape index (κ2) is 3.48. The van der Waals surface area contributed by atoms with Crippen LogP contribution in [-0.4, -0.2) is 6.61 Å². The van der Waals surface area contributed by atoms with Crippen molar-refractivity contribution >= 4 is 0 Å². The standard InChI is InChI=1S/C11H15NO/c12-13-9-8-11(6-7-11)10-4-2-1-3-5-10/h1-5H,6-9,12H2. The molecular formula is C11H15NO. The van der Waals surface area contributed by atoms with Gasteiger partial charge >= 0.3 is 0 Å². The summed E-state index contributed by atoms with van der Waals surface area (Å²) in [5.74, 6) is 5.04. The monoisotopic (exact) mass is 177 g/mol. The molecule has 2 rings (SSSR count). The molecule has 0 saturated heterocycles. The van der Waals surface area contributed by atoms with E-state index in [1.807, 2.05) is 0 Å². The van der Waals surface area contributed by atoms with E-state index in [1.54, 1.807) is 0 Å². The first kappa shape index (κ1) is 8.73. The number of nitrogens with two attached hydrogens (primary N) is 1. The van der Waals surface area contributed by atoms with E-state index in [9.17, 15) is 0 Å². The quantitative estimate of drug-likeness (QED) is 0.714. The topological polar surface area (TPSA) is 35.2 Å². The maximum absolute atomic E-state index is 5.04. The Balaban J connectivity index is 2.07. The Hall–Kier alpha value is -0.860. The molecule has 2 N–H and O–H groups in total. The summed E-state index contributed by atoms with van der Waals surface area (Å²) in [6.07, 6.45) is 3.61. The molecule has 1 aliphatic rings. The zero-order valence-electron chi connectivity index (χ0n) is 7.70. The molecule has 0 bridgehead atoms. The summed E-state index contributed by atoms with van der Waals surface area (Å²) in [5, 5.41) is 0. The highest BCUT2D eigenvalue weighted by Gasteiger charge is 2.43. The molecule has 0 heterocycles.